The van der Waals surface area contributed by atoms with Crippen LogP contribution in [0.4, 0.5) is 11.5 Å². The van der Waals surface area contributed by atoms with Gasteiger partial charge < -0.3 is 20.5 Å². The van der Waals surface area contributed by atoms with Crippen molar-refractivity contribution in [2.75, 3.05) is 42.9 Å². The third-order valence-corrected chi connectivity index (χ3v) is 7.41. The van der Waals surface area contributed by atoms with Crippen molar-refractivity contribution in [3.8, 4) is 17.6 Å². The number of hydrogen-bond donors (Lipinski definition) is 2. The maximum absolute atomic E-state index is 12.7. The lowest BCUT2D eigenvalue weighted by atomic mass is 10.1. The molecule has 184 valence electrons. The number of nitrogen functional groups attached to an aromatic ring is 1. The largest absolute Gasteiger partial charge is 0.497 e. The van der Waals surface area contributed by atoms with Crippen molar-refractivity contribution in [1.82, 2.24) is 4.98 Å². The molecule has 1 fully saturated rings. The standard InChI is InChI=1S/C26H24N4O5S/c1-34-23-7-3-6-22(16-23)29-25(31)20-5-2-4-18(14-20)8-9-19-15-21(17-28-24(19)27)26(32)30-36(33)12-10-35-11-13-36/h2-7,14-17H,10-13H2,1H3,(H2,27,28)(H,29,31). The summed E-state index contributed by atoms with van der Waals surface area (Å²) in [6.45, 7) is 0.617. The van der Waals surface area contributed by atoms with Gasteiger partial charge in [-0.05, 0) is 36.4 Å². The van der Waals surface area contributed by atoms with Crippen LogP contribution < -0.4 is 15.8 Å². The summed E-state index contributed by atoms with van der Waals surface area (Å²) < 4.78 is 27.0. The zero-order valence-corrected chi connectivity index (χ0v) is 20.3. The highest BCUT2D eigenvalue weighted by Gasteiger charge is 2.18. The first-order chi connectivity index (χ1) is 17.3. The van der Waals surface area contributed by atoms with E-state index in [0.29, 0.717) is 41.3 Å². The smallest absolute Gasteiger partial charge is 0.286 e. The first-order valence-electron chi connectivity index (χ1n) is 11.0. The van der Waals surface area contributed by atoms with Crippen molar-refractivity contribution in [3.63, 3.8) is 0 Å². The molecule has 0 atom stereocenters. The number of aromatic nitrogens is 1. The van der Waals surface area contributed by atoms with Gasteiger partial charge in [0.2, 0.25) is 0 Å². The Morgan fingerprint density at radius 1 is 1.08 bits per heavy atom. The first kappa shape index (κ1) is 24.9. The van der Waals surface area contributed by atoms with Crippen LogP contribution in [0.15, 0.2) is 65.2 Å². The summed E-state index contributed by atoms with van der Waals surface area (Å²) >= 11 is 0. The number of anilines is 2. The van der Waals surface area contributed by atoms with E-state index in [2.05, 4.69) is 26.5 Å². The zero-order valence-electron chi connectivity index (χ0n) is 19.5. The summed E-state index contributed by atoms with van der Waals surface area (Å²) in [7, 11) is -1.09. The van der Waals surface area contributed by atoms with Gasteiger partial charge in [0.15, 0.2) is 0 Å². The van der Waals surface area contributed by atoms with Crippen LogP contribution in [0.1, 0.15) is 31.8 Å². The minimum absolute atomic E-state index is 0.140. The second kappa shape index (κ2) is 11.0. The summed E-state index contributed by atoms with van der Waals surface area (Å²) in [4.78, 5) is 29.3. The van der Waals surface area contributed by atoms with Gasteiger partial charge in [-0.3, -0.25) is 9.59 Å². The minimum Gasteiger partial charge on any atom is -0.497 e. The Morgan fingerprint density at radius 3 is 2.64 bits per heavy atom. The molecule has 0 radical (unpaired) electrons. The summed E-state index contributed by atoms with van der Waals surface area (Å²) in [6.07, 6.45) is 1.29. The van der Waals surface area contributed by atoms with E-state index in [1.807, 2.05) is 0 Å². The summed E-state index contributed by atoms with van der Waals surface area (Å²) in [5.41, 5.74) is 8.00. The number of carbonyl (C=O) groups excluding carboxylic acids is 2. The van der Waals surface area contributed by atoms with Crippen LogP contribution in [0.2, 0.25) is 0 Å². The Kier molecular flexibility index (Phi) is 7.63. The van der Waals surface area contributed by atoms with Crippen molar-refractivity contribution in [2.24, 2.45) is 4.36 Å². The number of hydrogen-bond acceptors (Lipinski definition) is 7. The average molecular weight is 505 g/mol. The van der Waals surface area contributed by atoms with Crippen LogP contribution in [0, 0.1) is 11.8 Å². The summed E-state index contributed by atoms with van der Waals surface area (Å²) in [6, 6.07) is 15.3. The lowest BCUT2D eigenvalue weighted by molar-refractivity contribution is 0.100. The van der Waals surface area contributed by atoms with Gasteiger partial charge in [0.05, 0.1) is 52.7 Å². The zero-order chi connectivity index (χ0) is 25.5. The third kappa shape index (κ3) is 6.27. The predicted octanol–water partition coefficient (Wildman–Crippen LogP) is 2.96. The van der Waals surface area contributed by atoms with Crippen molar-refractivity contribution in [2.45, 2.75) is 0 Å². The molecule has 10 heteroatoms. The molecule has 0 unspecified atom stereocenters. The number of pyridine rings is 1. The Morgan fingerprint density at radius 2 is 1.86 bits per heavy atom. The maximum atomic E-state index is 12.7. The lowest BCUT2D eigenvalue weighted by Crippen LogP contribution is -2.26. The second-order valence-corrected chi connectivity index (χ2v) is 10.4. The topological polar surface area (TPSA) is 133 Å². The molecule has 0 aliphatic carbocycles. The van der Waals surface area contributed by atoms with Crippen molar-refractivity contribution >= 4 is 33.0 Å². The molecule has 1 aliphatic heterocycles. The fraction of sp³-hybridized carbons (Fsp3) is 0.192. The predicted molar refractivity (Wildman–Crippen MR) is 137 cm³/mol. The minimum atomic E-state index is -2.64. The van der Waals surface area contributed by atoms with E-state index in [0.717, 1.165) is 0 Å². The van der Waals surface area contributed by atoms with Crippen LogP contribution in [0.25, 0.3) is 0 Å². The Bertz CT molecular complexity index is 1490. The molecule has 0 saturated carbocycles. The maximum Gasteiger partial charge on any atom is 0.286 e. The fourth-order valence-corrected chi connectivity index (χ4v) is 4.90. The SMILES string of the molecule is COc1cccc(NC(=O)c2cccc(C#Cc3cc(C(=O)N=S4(=O)CCOCC4)cnc3N)c2)c1. The molecule has 1 aliphatic rings. The molecule has 0 bridgehead atoms. The number of nitrogens with two attached hydrogens (primary N) is 1. The molecule has 2 aromatic carbocycles. The van der Waals surface area contributed by atoms with Crippen molar-refractivity contribution in [3.05, 3.63) is 83.0 Å². The number of methoxy groups -OCH3 is 1. The van der Waals surface area contributed by atoms with Crippen LogP contribution in [-0.4, -0.2) is 52.8 Å². The summed E-state index contributed by atoms with van der Waals surface area (Å²) in [5.74, 6) is 6.12. The molecular weight excluding hydrogens is 480 g/mol. The number of benzene rings is 2. The Balaban J connectivity index is 1.53. The van der Waals surface area contributed by atoms with Gasteiger partial charge in [-0.25, -0.2) is 9.19 Å². The molecule has 0 spiro atoms. The monoisotopic (exact) mass is 504 g/mol. The molecule has 9 nitrogen and oxygen atoms in total. The second-order valence-electron chi connectivity index (χ2n) is 7.86. The molecule has 2 amide bonds. The molecule has 2 heterocycles. The molecular formula is C26H24N4O5S. The van der Waals surface area contributed by atoms with E-state index in [4.69, 9.17) is 15.2 Å². The number of amides is 2. The van der Waals surface area contributed by atoms with E-state index >= 15 is 0 Å². The van der Waals surface area contributed by atoms with Crippen molar-refractivity contribution in [1.29, 1.82) is 0 Å². The Labute approximate surface area is 209 Å². The van der Waals surface area contributed by atoms with Crippen LogP contribution in [-0.2, 0) is 14.5 Å². The number of ether oxygens (including phenoxy) is 2. The molecule has 3 aromatic rings. The molecule has 4 rings (SSSR count). The van der Waals surface area contributed by atoms with E-state index in [9.17, 15) is 13.8 Å². The number of nitrogens with one attached hydrogen (secondary N) is 1. The van der Waals surface area contributed by atoms with Gasteiger partial charge in [0, 0.05) is 29.1 Å². The van der Waals surface area contributed by atoms with E-state index in [1.165, 1.54) is 12.3 Å². The average Bonchev–Trinajstić information content (AvgIpc) is 2.88. The Hall–Kier alpha value is -4.20. The third-order valence-electron chi connectivity index (χ3n) is 5.30. The van der Waals surface area contributed by atoms with Crippen LogP contribution >= 0.6 is 0 Å². The fourth-order valence-electron chi connectivity index (χ4n) is 3.35. The summed E-state index contributed by atoms with van der Waals surface area (Å²) in [5, 5.41) is 2.82. The van der Waals surface area contributed by atoms with E-state index in [-0.39, 0.29) is 28.8 Å². The number of nitrogens with zero attached hydrogens (tertiary/aromatic N) is 2. The van der Waals surface area contributed by atoms with Crippen LogP contribution in [0.3, 0.4) is 0 Å². The van der Waals surface area contributed by atoms with Gasteiger partial charge in [0.25, 0.3) is 11.8 Å². The van der Waals surface area contributed by atoms with Gasteiger partial charge in [0.1, 0.15) is 11.6 Å². The molecule has 1 saturated heterocycles. The van der Waals surface area contributed by atoms with E-state index < -0.39 is 15.6 Å². The van der Waals surface area contributed by atoms with Gasteiger partial charge >= 0.3 is 0 Å². The lowest BCUT2D eigenvalue weighted by Gasteiger charge is -2.15. The molecule has 36 heavy (non-hydrogen) atoms. The number of rotatable bonds is 4. The molecule has 3 N–H and O–H groups in total. The van der Waals surface area contributed by atoms with Gasteiger partial charge in [-0.2, -0.15) is 4.36 Å². The number of carbonyl (C=O) groups is 2. The normalized spacial score (nSPS) is 14.1. The quantitative estimate of drug-likeness (QED) is 0.522. The highest BCUT2D eigenvalue weighted by atomic mass is 32.2. The van der Waals surface area contributed by atoms with Gasteiger partial charge in [-0.1, -0.05) is 24.0 Å². The van der Waals surface area contributed by atoms with Crippen LogP contribution in [0.5, 0.6) is 5.75 Å². The first-order valence-corrected chi connectivity index (χ1v) is 12.9. The highest BCUT2D eigenvalue weighted by Crippen LogP contribution is 2.18. The highest BCUT2D eigenvalue weighted by molar-refractivity contribution is 7.94. The van der Waals surface area contributed by atoms with E-state index in [1.54, 1.807) is 55.6 Å². The van der Waals surface area contributed by atoms with Crippen molar-refractivity contribution < 1.29 is 23.3 Å². The van der Waals surface area contributed by atoms with Gasteiger partial charge in [-0.15, -0.1) is 0 Å². The molecule has 1 aromatic heterocycles.